The summed E-state index contributed by atoms with van der Waals surface area (Å²) in [6.07, 6.45) is 13.8. The molecule has 1 aliphatic carbocycles. The molecule has 33 heavy (non-hydrogen) atoms. The Labute approximate surface area is 195 Å². The van der Waals surface area contributed by atoms with Gasteiger partial charge in [0.1, 0.15) is 5.82 Å². The van der Waals surface area contributed by atoms with Crippen LogP contribution in [0.15, 0.2) is 30.6 Å². The van der Waals surface area contributed by atoms with Gasteiger partial charge in [-0.25, -0.2) is 4.39 Å². The van der Waals surface area contributed by atoms with Crippen LogP contribution in [-0.4, -0.2) is 34.4 Å². The van der Waals surface area contributed by atoms with E-state index in [1.807, 2.05) is 12.2 Å². The molecule has 7 heteroatoms. The molecular weight excluding hydrogens is 417 g/mol. The van der Waals surface area contributed by atoms with Crippen LogP contribution in [0, 0.1) is 5.82 Å². The molecule has 1 N–H and O–H groups in total. The van der Waals surface area contributed by atoms with Gasteiger partial charge in [-0.15, -0.1) is 5.10 Å². The number of ether oxygens (including phenoxy) is 1. The molecule has 5 heterocycles. The molecule has 1 atom stereocenters. The van der Waals surface area contributed by atoms with Crippen LogP contribution >= 0.6 is 0 Å². The Morgan fingerprint density at radius 2 is 2.06 bits per heavy atom. The van der Waals surface area contributed by atoms with E-state index in [-0.39, 0.29) is 11.7 Å². The van der Waals surface area contributed by atoms with Gasteiger partial charge >= 0.3 is 0 Å². The van der Waals surface area contributed by atoms with Gasteiger partial charge in [-0.1, -0.05) is 32.8 Å². The number of hydrogen-bond donors (Lipinski definition) is 1. The summed E-state index contributed by atoms with van der Waals surface area (Å²) in [6, 6.07) is 2.81. The zero-order chi connectivity index (χ0) is 22.8. The highest BCUT2D eigenvalue weighted by Gasteiger charge is 2.35. The quantitative estimate of drug-likeness (QED) is 0.716. The molecule has 6 nitrogen and oxygen atoms in total. The molecule has 174 valence electrons. The van der Waals surface area contributed by atoms with Crippen LogP contribution in [0.25, 0.3) is 6.08 Å². The summed E-state index contributed by atoms with van der Waals surface area (Å²) in [5.41, 5.74) is 5.79. The van der Waals surface area contributed by atoms with Crippen molar-refractivity contribution in [2.45, 2.75) is 70.4 Å². The van der Waals surface area contributed by atoms with E-state index in [4.69, 9.17) is 4.74 Å². The summed E-state index contributed by atoms with van der Waals surface area (Å²) in [4.78, 5) is 6.21. The maximum Gasteiger partial charge on any atom is 0.236 e. The Kier molecular flexibility index (Phi) is 6.40. The molecule has 2 aromatic heterocycles. The summed E-state index contributed by atoms with van der Waals surface area (Å²) in [7, 11) is 0. The van der Waals surface area contributed by atoms with Crippen LogP contribution in [0.2, 0.25) is 0 Å². The molecule has 4 aliphatic rings. The van der Waals surface area contributed by atoms with Gasteiger partial charge < -0.3 is 15.0 Å². The SMILES string of the molecule is C=C1C=Cc2ncc(F)c3c2N1CC3CC.c1c(CNC2CCCCC2)nnc2c1CCO2. The highest BCUT2D eigenvalue weighted by atomic mass is 19.1. The van der Waals surface area contributed by atoms with Crippen LogP contribution in [0.4, 0.5) is 10.1 Å². The molecule has 1 saturated carbocycles. The Morgan fingerprint density at radius 1 is 1.21 bits per heavy atom. The third-order valence-corrected chi connectivity index (χ3v) is 7.10. The van der Waals surface area contributed by atoms with Gasteiger partial charge in [-0.05, 0) is 37.5 Å². The number of rotatable bonds is 4. The van der Waals surface area contributed by atoms with Gasteiger partial charge in [-0.2, -0.15) is 5.10 Å². The first-order chi connectivity index (χ1) is 16.1. The fourth-order valence-electron chi connectivity index (χ4n) is 5.23. The summed E-state index contributed by atoms with van der Waals surface area (Å²) in [6.45, 7) is 8.49. The lowest BCUT2D eigenvalue weighted by atomic mass is 9.95. The minimum atomic E-state index is -0.184. The molecule has 0 saturated heterocycles. The average Bonchev–Trinajstić information content (AvgIpc) is 3.48. The third kappa shape index (κ3) is 4.51. The zero-order valence-corrected chi connectivity index (χ0v) is 19.3. The van der Waals surface area contributed by atoms with Crippen LogP contribution in [0.3, 0.4) is 0 Å². The molecule has 0 bridgehead atoms. The monoisotopic (exact) mass is 449 g/mol. The van der Waals surface area contributed by atoms with E-state index in [1.54, 1.807) is 0 Å². The molecule has 2 aromatic rings. The van der Waals surface area contributed by atoms with Crippen LogP contribution in [0.5, 0.6) is 5.88 Å². The third-order valence-electron chi connectivity index (χ3n) is 7.10. The van der Waals surface area contributed by atoms with Crippen LogP contribution < -0.4 is 15.0 Å². The molecule has 1 unspecified atom stereocenters. The number of nitrogens with zero attached hydrogens (tertiary/aromatic N) is 4. The standard InChI is InChI=1S/C13H13FN2.C13H19N3O/c1-3-9-7-16-8(2)4-5-11-13(16)12(9)10(14)6-15-11;1-2-4-11(5-3-1)14-9-12-8-10-6-7-17-13(10)16-15-12/h4-6,9H,2-3,7H2,1H3;8,11,14H,1-7,9H2. The van der Waals surface area contributed by atoms with Crippen molar-refractivity contribution in [1.82, 2.24) is 20.5 Å². The minimum absolute atomic E-state index is 0.184. The number of hydrogen-bond acceptors (Lipinski definition) is 6. The van der Waals surface area contributed by atoms with E-state index in [1.165, 1.54) is 43.9 Å². The second-order valence-electron chi connectivity index (χ2n) is 9.27. The van der Waals surface area contributed by atoms with E-state index in [9.17, 15) is 4.39 Å². The van der Waals surface area contributed by atoms with Gasteiger partial charge in [0, 0.05) is 48.3 Å². The molecule has 0 aromatic carbocycles. The van der Waals surface area contributed by atoms with E-state index in [0.29, 0.717) is 6.04 Å². The van der Waals surface area contributed by atoms with Crippen molar-refractivity contribution in [2.24, 2.45) is 0 Å². The molecule has 1 fully saturated rings. The van der Waals surface area contributed by atoms with Gasteiger partial charge in [0.2, 0.25) is 5.88 Å². The normalized spacial score (nSPS) is 20.7. The average molecular weight is 450 g/mol. The van der Waals surface area contributed by atoms with Crippen molar-refractivity contribution in [2.75, 3.05) is 18.1 Å². The zero-order valence-electron chi connectivity index (χ0n) is 19.3. The number of fused-ring (bicyclic) bond motifs is 1. The lowest BCUT2D eigenvalue weighted by Crippen LogP contribution is -2.30. The summed E-state index contributed by atoms with van der Waals surface area (Å²) in [5.74, 6) is 0.802. The van der Waals surface area contributed by atoms with Gasteiger partial charge in [-0.3, -0.25) is 4.98 Å². The minimum Gasteiger partial charge on any atom is -0.476 e. The van der Waals surface area contributed by atoms with E-state index in [2.05, 4.69) is 45.0 Å². The lowest BCUT2D eigenvalue weighted by molar-refractivity contribution is 0.340. The largest absolute Gasteiger partial charge is 0.476 e. The second kappa shape index (κ2) is 9.59. The number of aromatic nitrogens is 3. The van der Waals surface area contributed by atoms with Crippen LogP contribution in [-0.2, 0) is 13.0 Å². The lowest BCUT2D eigenvalue weighted by Gasteiger charge is -2.24. The predicted octanol–water partition coefficient (Wildman–Crippen LogP) is 4.91. The maximum atomic E-state index is 13.8. The summed E-state index contributed by atoms with van der Waals surface area (Å²) in [5, 5.41) is 11.9. The number of nitrogens with one attached hydrogen (secondary N) is 1. The first kappa shape index (κ1) is 22.0. The van der Waals surface area contributed by atoms with E-state index in [0.717, 1.165) is 66.8 Å². The molecular formula is C26H32FN5O. The number of halogens is 1. The van der Waals surface area contributed by atoms with Crippen molar-refractivity contribution in [3.05, 3.63) is 58.9 Å². The van der Waals surface area contributed by atoms with Crippen molar-refractivity contribution in [3.63, 3.8) is 0 Å². The molecule has 0 amide bonds. The number of allylic oxidation sites excluding steroid dienone is 1. The summed E-state index contributed by atoms with van der Waals surface area (Å²) < 4.78 is 19.2. The van der Waals surface area contributed by atoms with Crippen molar-refractivity contribution in [3.8, 4) is 5.88 Å². The Morgan fingerprint density at radius 3 is 2.88 bits per heavy atom. The van der Waals surface area contributed by atoms with Crippen molar-refractivity contribution >= 4 is 11.8 Å². The van der Waals surface area contributed by atoms with Crippen LogP contribution in [0.1, 0.15) is 73.9 Å². The highest BCUT2D eigenvalue weighted by Crippen LogP contribution is 2.45. The Balaban J connectivity index is 0.000000139. The van der Waals surface area contributed by atoms with Gasteiger partial charge in [0.15, 0.2) is 0 Å². The molecule has 0 spiro atoms. The van der Waals surface area contributed by atoms with Crippen molar-refractivity contribution < 1.29 is 9.13 Å². The number of pyridine rings is 1. The molecule has 6 rings (SSSR count). The Hall–Kier alpha value is -2.80. The second-order valence-corrected chi connectivity index (χ2v) is 9.27. The highest BCUT2D eigenvalue weighted by molar-refractivity contribution is 5.79. The fraction of sp³-hybridized carbons (Fsp3) is 0.500. The fourth-order valence-corrected chi connectivity index (χ4v) is 5.23. The topological polar surface area (TPSA) is 63.2 Å². The molecule has 0 radical (unpaired) electrons. The van der Waals surface area contributed by atoms with Gasteiger partial charge in [0.05, 0.1) is 29.9 Å². The maximum absolute atomic E-state index is 13.8. The first-order valence-corrected chi connectivity index (χ1v) is 12.2. The first-order valence-electron chi connectivity index (χ1n) is 12.2. The van der Waals surface area contributed by atoms with E-state index >= 15 is 0 Å². The van der Waals surface area contributed by atoms with E-state index < -0.39 is 0 Å². The number of anilines is 1. The molecule has 3 aliphatic heterocycles. The predicted molar refractivity (Wildman–Crippen MR) is 128 cm³/mol. The Bertz CT molecular complexity index is 1060. The van der Waals surface area contributed by atoms with Crippen molar-refractivity contribution in [1.29, 1.82) is 0 Å². The van der Waals surface area contributed by atoms with Gasteiger partial charge in [0.25, 0.3) is 0 Å². The summed E-state index contributed by atoms with van der Waals surface area (Å²) >= 11 is 0. The smallest absolute Gasteiger partial charge is 0.236 e.